The highest BCUT2D eigenvalue weighted by Crippen LogP contribution is 2.22. The van der Waals surface area contributed by atoms with Gasteiger partial charge in [0.25, 0.3) is 0 Å². The maximum atomic E-state index is 11.8. The summed E-state index contributed by atoms with van der Waals surface area (Å²) in [6.45, 7) is 1.86. The largest absolute Gasteiger partial charge is 0.426 e. The van der Waals surface area contributed by atoms with Gasteiger partial charge in [-0.3, -0.25) is 4.79 Å². The molecule has 0 heterocycles. The highest BCUT2D eigenvalue weighted by Gasteiger charge is 2.08. The van der Waals surface area contributed by atoms with Crippen molar-refractivity contribution in [2.24, 2.45) is 0 Å². The molecule has 0 saturated carbocycles. The Balaban J connectivity index is 2.03. The van der Waals surface area contributed by atoms with Gasteiger partial charge in [-0.2, -0.15) is 0 Å². The maximum Gasteiger partial charge on any atom is 0.315 e. The van der Waals surface area contributed by atoms with Crippen LogP contribution in [0.3, 0.4) is 0 Å². The van der Waals surface area contributed by atoms with E-state index in [1.807, 2.05) is 37.3 Å². The predicted molar refractivity (Wildman–Crippen MR) is 72.0 cm³/mol. The van der Waals surface area contributed by atoms with E-state index >= 15 is 0 Å². The van der Waals surface area contributed by atoms with Gasteiger partial charge in [-0.25, -0.2) is 0 Å². The van der Waals surface area contributed by atoms with Crippen LogP contribution in [0.5, 0.6) is 5.75 Å². The van der Waals surface area contributed by atoms with Gasteiger partial charge in [0, 0.05) is 5.02 Å². The molecule has 2 nitrogen and oxygen atoms in total. The lowest BCUT2D eigenvalue weighted by atomic mass is 10.1. The summed E-state index contributed by atoms with van der Waals surface area (Å²) in [7, 11) is 0. The van der Waals surface area contributed by atoms with Crippen molar-refractivity contribution in [3.8, 4) is 5.75 Å². The molecule has 0 amide bonds. The molecule has 18 heavy (non-hydrogen) atoms. The fraction of sp³-hybridized carbons (Fsp3) is 0.133. The summed E-state index contributed by atoms with van der Waals surface area (Å²) < 4.78 is 5.31. The molecule has 2 rings (SSSR count). The number of hydrogen-bond acceptors (Lipinski definition) is 2. The van der Waals surface area contributed by atoms with Crippen molar-refractivity contribution in [3.05, 3.63) is 64.7 Å². The minimum Gasteiger partial charge on any atom is -0.426 e. The van der Waals surface area contributed by atoms with E-state index in [0.717, 1.165) is 11.1 Å². The zero-order valence-electron chi connectivity index (χ0n) is 10.0. The lowest BCUT2D eigenvalue weighted by molar-refractivity contribution is -0.133. The Kier molecular flexibility index (Phi) is 4.00. The first-order valence-electron chi connectivity index (χ1n) is 5.66. The Labute approximate surface area is 111 Å². The molecule has 0 spiro atoms. The second-order valence-electron chi connectivity index (χ2n) is 4.05. The fourth-order valence-corrected chi connectivity index (χ4v) is 1.88. The van der Waals surface area contributed by atoms with Gasteiger partial charge in [-0.15, -0.1) is 0 Å². The standard InChI is InChI=1S/C15H13ClO2/c1-11-9-13(16)7-8-14(11)18-15(17)10-12-5-3-2-4-6-12/h2-9H,10H2,1H3. The molecule has 0 saturated heterocycles. The van der Waals surface area contributed by atoms with Crippen molar-refractivity contribution in [1.82, 2.24) is 0 Å². The van der Waals surface area contributed by atoms with Crippen molar-refractivity contribution in [2.75, 3.05) is 0 Å². The summed E-state index contributed by atoms with van der Waals surface area (Å²) in [6.07, 6.45) is 0.267. The number of ether oxygens (including phenoxy) is 1. The van der Waals surface area contributed by atoms with Gasteiger partial charge in [0.1, 0.15) is 5.75 Å². The monoisotopic (exact) mass is 260 g/mol. The Hall–Kier alpha value is -1.80. The van der Waals surface area contributed by atoms with E-state index in [2.05, 4.69) is 0 Å². The fourth-order valence-electron chi connectivity index (χ4n) is 1.65. The number of rotatable bonds is 3. The van der Waals surface area contributed by atoms with Gasteiger partial charge in [-0.05, 0) is 36.2 Å². The van der Waals surface area contributed by atoms with Gasteiger partial charge in [-0.1, -0.05) is 41.9 Å². The molecule has 0 aliphatic rings. The molecule has 2 aromatic carbocycles. The average Bonchev–Trinajstić information content (AvgIpc) is 2.34. The van der Waals surface area contributed by atoms with Gasteiger partial charge in [0.05, 0.1) is 6.42 Å². The number of esters is 1. The summed E-state index contributed by atoms with van der Waals surface area (Å²) in [4.78, 5) is 11.8. The zero-order valence-corrected chi connectivity index (χ0v) is 10.8. The van der Waals surface area contributed by atoms with E-state index in [-0.39, 0.29) is 12.4 Å². The molecule has 0 atom stereocenters. The summed E-state index contributed by atoms with van der Waals surface area (Å²) in [5.74, 6) is 0.284. The number of benzene rings is 2. The third-order valence-electron chi connectivity index (χ3n) is 2.55. The first kappa shape index (κ1) is 12.7. The van der Waals surface area contributed by atoms with Crippen LogP contribution in [-0.4, -0.2) is 5.97 Å². The summed E-state index contributed by atoms with van der Waals surface area (Å²) >= 11 is 5.84. The molecule has 0 unspecified atom stereocenters. The molecule has 2 aromatic rings. The number of halogens is 1. The molecule has 0 radical (unpaired) electrons. The van der Waals surface area contributed by atoms with E-state index < -0.39 is 0 Å². The van der Waals surface area contributed by atoms with Crippen molar-refractivity contribution in [2.45, 2.75) is 13.3 Å². The smallest absolute Gasteiger partial charge is 0.315 e. The van der Waals surface area contributed by atoms with Crippen molar-refractivity contribution < 1.29 is 9.53 Å². The molecule has 0 aliphatic carbocycles. The Morgan fingerprint density at radius 3 is 2.56 bits per heavy atom. The molecule has 0 aliphatic heterocycles. The summed E-state index contributed by atoms with van der Waals surface area (Å²) in [6, 6.07) is 14.7. The van der Waals surface area contributed by atoms with Gasteiger partial charge in [0.2, 0.25) is 0 Å². The van der Waals surface area contributed by atoms with E-state index in [9.17, 15) is 4.79 Å². The second kappa shape index (κ2) is 5.69. The zero-order chi connectivity index (χ0) is 13.0. The highest BCUT2D eigenvalue weighted by molar-refractivity contribution is 6.30. The van der Waals surface area contributed by atoms with E-state index in [4.69, 9.17) is 16.3 Å². The molecule has 0 N–H and O–H groups in total. The third-order valence-corrected chi connectivity index (χ3v) is 2.79. The number of hydrogen-bond donors (Lipinski definition) is 0. The Bertz CT molecular complexity index is 550. The van der Waals surface area contributed by atoms with E-state index in [1.165, 1.54) is 0 Å². The van der Waals surface area contributed by atoms with Crippen molar-refractivity contribution in [3.63, 3.8) is 0 Å². The lowest BCUT2D eigenvalue weighted by Crippen LogP contribution is -2.11. The molecule has 3 heteroatoms. The van der Waals surface area contributed by atoms with Crippen LogP contribution >= 0.6 is 11.6 Å². The average molecular weight is 261 g/mol. The lowest BCUT2D eigenvalue weighted by Gasteiger charge is -2.07. The van der Waals surface area contributed by atoms with E-state index in [0.29, 0.717) is 10.8 Å². The topological polar surface area (TPSA) is 26.3 Å². The SMILES string of the molecule is Cc1cc(Cl)ccc1OC(=O)Cc1ccccc1. The Morgan fingerprint density at radius 1 is 1.17 bits per heavy atom. The first-order valence-corrected chi connectivity index (χ1v) is 6.04. The molecule has 92 valence electrons. The Morgan fingerprint density at radius 2 is 1.89 bits per heavy atom. The first-order chi connectivity index (χ1) is 8.65. The quantitative estimate of drug-likeness (QED) is 0.620. The van der Waals surface area contributed by atoms with Crippen LogP contribution in [0.2, 0.25) is 5.02 Å². The minimum absolute atomic E-state index is 0.267. The van der Waals surface area contributed by atoms with Crippen LogP contribution in [0.25, 0.3) is 0 Å². The van der Waals surface area contributed by atoms with Crippen molar-refractivity contribution in [1.29, 1.82) is 0 Å². The van der Waals surface area contributed by atoms with Crippen LogP contribution < -0.4 is 4.74 Å². The number of carbonyl (C=O) groups excluding carboxylic acids is 1. The molecular formula is C15H13ClO2. The van der Waals surface area contributed by atoms with Gasteiger partial charge in [0.15, 0.2) is 0 Å². The molecule has 0 bridgehead atoms. The van der Waals surface area contributed by atoms with Crippen LogP contribution in [0.4, 0.5) is 0 Å². The van der Waals surface area contributed by atoms with Crippen LogP contribution in [0.15, 0.2) is 48.5 Å². The number of carbonyl (C=O) groups is 1. The molecule has 0 fully saturated rings. The van der Waals surface area contributed by atoms with Crippen molar-refractivity contribution >= 4 is 17.6 Å². The highest BCUT2D eigenvalue weighted by atomic mass is 35.5. The van der Waals surface area contributed by atoms with Gasteiger partial charge < -0.3 is 4.74 Å². The van der Waals surface area contributed by atoms with Crippen LogP contribution in [0.1, 0.15) is 11.1 Å². The van der Waals surface area contributed by atoms with Crippen LogP contribution in [-0.2, 0) is 11.2 Å². The third kappa shape index (κ3) is 3.34. The molecular weight excluding hydrogens is 248 g/mol. The maximum absolute atomic E-state index is 11.8. The van der Waals surface area contributed by atoms with E-state index in [1.54, 1.807) is 18.2 Å². The summed E-state index contributed by atoms with van der Waals surface area (Å²) in [5.41, 5.74) is 1.79. The molecule has 0 aromatic heterocycles. The normalized spacial score (nSPS) is 10.1. The number of aryl methyl sites for hydroxylation is 1. The minimum atomic E-state index is -0.272. The van der Waals surface area contributed by atoms with Crippen LogP contribution in [0, 0.1) is 6.92 Å². The van der Waals surface area contributed by atoms with Gasteiger partial charge >= 0.3 is 5.97 Å². The second-order valence-corrected chi connectivity index (χ2v) is 4.48. The summed E-state index contributed by atoms with van der Waals surface area (Å²) in [5, 5.41) is 0.635. The predicted octanol–water partition coefficient (Wildman–Crippen LogP) is 3.80.